The van der Waals surface area contributed by atoms with Gasteiger partial charge in [0.2, 0.25) is 11.8 Å². The van der Waals surface area contributed by atoms with E-state index in [0.717, 1.165) is 70.5 Å². The topological polar surface area (TPSA) is 70.5 Å². The molecule has 2 amide bonds. The minimum Gasteiger partial charge on any atom is -0.343 e. The summed E-state index contributed by atoms with van der Waals surface area (Å²) in [5.74, 6) is 1.05. The van der Waals surface area contributed by atoms with Crippen molar-refractivity contribution in [3.63, 3.8) is 0 Å². The molecule has 0 aliphatic carbocycles. The van der Waals surface area contributed by atoms with Gasteiger partial charge in [0.25, 0.3) is 0 Å². The maximum atomic E-state index is 12.5. The molecular formula is C25H35N5O2. The van der Waals surface area contributed by atoms with Crippen LogP contribution >= 0.6 is 0 Å². The molecule has 0 saturated carbocycles. The van der Waals surface area contributed by atoms with E-state index in [9.17, 15) is 9.59 Å². The highest BCUT2D eigenvalue weighted by molar-refractivity contribution is 5.89. The number of hydrogen-bond donors (Lipinski definition) is 1. The van der Waals surface area contributed by atoms with E-state index in [2.05, 4.69) is 27.4 Å². The Labute approximate surface area is 190 Å². The van der Waals surface area contributed by atoms with Gasteiger partial charge in [-0.1, -0.05) is 30.3 Å². The second kappa shape index (κ2) is 10.8. The van der Waals surface area contributed by atoms with Crippen LogP contribution in [-0.2, 0) is 16.0 Å². The molecule has 2 fully saturated rings. The number of amides is 2. The molecule has 2 aromatic rings. The van der Waals surface area contributed by atoms with Crippen molar-refractivity contribution in [1.29, 1.82) is 0 Å². The SMILES string of the molecule is CC(=O)N1CCC(N2CCC(n3nccc3NC(=O)CCCc3ccccc3)CC2)CC1. The van der Waals surface area contributed by atoms with Crippen LogP contribution < -0.4 is 5.32 Å². The fourth-order valence-corrected chi connectivity index (χ4v) is 5.05. The van der Waals surface area contributed by atoms with E-state index in [-0.39, 0.29) is 11.8 Å². The van der Waals surface area contributed by atoms with E-state index in [0.29, 0.717) is 18.5 Å². The molecule has 4 rings (SSSR count). The molecule has 0 bridgehead atoms. The van der Waals surface area contributed by atoms with Gasteiger partial charge < -0.3 is 15.1 Å². The highest BCUT2D eigenvalue weighted by Gasteiger charge is 2.30. The zero-order chi connectivity index (χ0) is 22.3. The number of nitrogens with zero attached hydrogens (tertiary/aromatic N) is 4. The van der Waals surface area contributed by atoms with Crippen molar-refractivity contribution in [2.24, 2.45) is 0 Å². The van der Waals surface area contributed by atoms with Crippen LogP contribution in [0.5, 0.6) is 0 Å². The van der Waals surface area contributed by atoms with Gasteiger partial charge in [-0.3, -0.25) is 9.59 Å². The zero-order valence-corrected chi connectivity index (χ0v) is 19.1. The molecule has 1 N–H and O–H groups in total. The minimum absolute atomic E-state index is 0.0531. The van der Waals surface area contributed by atoms with Crippen LogP contribution in [-0.4, -0.2) is 63.6 Å². The van der Waals surface area contributed by atoms with Crippen LogP contribution in [0, 0.1) is 0 Å². The Morgan fingerprint density at radius 2 is 1.66 bits per heavy atom. The Bertz CT molecular complexity index is 881. The Morgan fingerprint density at radius 1 is 0.969 bits per heavy atom. The molecule has 2 saturated heterocycles. The normalized spacial score (nSPS) is 18.6. The van der Waals surface area contributed by atoms with Crippen LogP contribution in [0.2, 0.25) is 0 Å². The predicted octanol–water partition coefficient (Wildman–Crippen LogP) is 3.49. The molecule has 3 heterocycles. The number of anilines is 1. The fourth-order valence-electron chi connectivity index (χ4n) is 5.05. The second-order valence-electron chi connectivity index (χ2n) is 9.05. The summed E-state index contributed by atoms with van der Waals surface area (Å²) in [5, 5.41) is 7.60. The maximum absolute atomic E-state index is 12.5. The Morgan fingerprint density at radius 3 is 2.34 bits per heavy atom. The molecule has 172 valence electrons. The number of piperidine rings is 2. The van der Waals surface area contributed by atoms with E-state index in [1.54, 1.807) is 13.1 Å². The first-order chi connectivity index (χ1) is 15.6. The maximum Gasteiger partial charge on any atom is 0.225 e. The predicted molar refractivity (Wildman–Crippen MR) is 125 cm³/mol. The summed E-state index contributed by atoms with van der Waals surface area (Å²) in [5.41, 5.74) is 1.27. The third-order valence-electron chi connectivity index (χ3n) is 6.92. The number of likely N-dealkylation sites (tertiary alicyclic amines) is 2. The highest BCUT2D eigenvalue weighted by Crippen LogP contribution is 2.28. The van der Waals surface area contributed by atoms with Gasteiger partial charge in [-0.15, -0.1) is 0 Å². The van der Waals surface area contributed by atoms with Crippen LogP contribution in [0.15, 0.2) is 42.6 Å². The largest absolute Gasteiger partial charge is 0.343 e. The van der Waals surface area contributed by atoms with Crippen LogP contribution in [0.3, 0.4) is 0 Å². The first-order valence-electron chi connectivity index (χ1n) is 12.0. The summed E-state index contributed by atoms with van der Waals surface area (Å²) in [6, 6.07) is 13.1. The zero-order valence-electron chi connectivity index (χ0n) is 19.1. The molecule has 1 aromatic heterocycles. The Balaban J connectivity index is 1.22. The van der Waals surface area contributed by atoms with E-state index in [4.69, 9.17) is 0 Å². The number of benzene rings is 1. The van der Waals surface area contributed by atoms with Crippen molar-refractivity contribution in [1.82, 2.24) is 19.6 Å². The van der Waals surface area contributed by atoms with E-state index in [1.807, 2.05) is 33.8 Å². The standard InChI is InChI=1S/C25H35N5O2/c1-20(31)28-16-11-22(12-17-28)29-18-13-23(14-19-29)30-24(10-15-26-30)27-25(32)9-5-8-21-6-3-2-4-7-21/h2-4,6-7,10,15,22-23H,5,8-9,11-14,16-19H2,1H3,(H,27,32). The molecule has 7 heteroatoms. The number of nitrogens with one attached hydrogen (secondary N) is 1. The monoisotopic (exact) mass is 437 g/mol. The summed E-state index contributed by atoms with van der Waals surface area (Å²) in [4.78, 5) is 28.6. The first kappa shape index (κ1) is 22.5. The van der Waals surface area contributed by atoms with Crippen LogP contribution in [0.1, 0.15) is 57.1 Å². The van der Waals surface area contributed by atoms with Crippen molar-refractivity contribution >= 4 is 17.6 Å². The molecule has 1 aromatic carbocycles. The minimum atomic E-state index is 0.0531. The molecule has 0 unspecified atom stereocenters. The molecule has 2 aliphatic rings. The number of aryl methyl sites for hydroxylation is 1. The molecular weight excluding hydrogens is 402 g/mol. The van der Waals surface area contributed by atoms with Gasteiger partial charge in [-0.25, -0.2) is 4.68 Å². The van der Waals surface area contributed by atoms with Gasteiger partial charge in [0.05, 0.1) is 12.2 Å². The lowest BCUT2D eigenvalue weighted by Crippen LogP contribution is -2.48. The van der Waals surface area contributed by atoms with Gasteiger partial charge in [0.15, 0.2) is 0 Å². The van der Waals surface area contributed by atoms with E-state index in [1.165, 1.54) is 5.56 Å². The Hall–Kier alpha value is -2.67. The number of carbonyl (C=O) groups is 2. The van der Waals surface area contributed by atoms with Crippen LogP contribution in [0.4, 0.5) is 5.82 Å². The number of aromatic nitrogens is 2. The van der Waals surface area contributed by atoms with Crippen molar-refractivity contribution in [3.05, 3.63) is 48.2 Å². The van der Waals surface area contributed by atoms with Gasteiger partial charge in [-0.05, 0) is 44.1 Å². The van der Waals surface area contributed by atoms with Gasteiger partial charge in [0.1, 0.15) is 5.82 Å². The lowest BCUT2D eigenvalue weighted by Gasteiger charge is -2.41. The van der Waals surface area contributed by atoms with Gasteiger partial charge in [0, 0.05) is 51.6 Å². The summed E-state index contributed by atoms with van der Waals surface area (Å²) in [6.45, 7) is 5.49. The highest BCUT2D eigenvalue weighted by atomic mass is 16.2. The van der Waals surface area contributed by atoms with Crippen LogP contribution in [0.25, 0.3) is 0 Å². The first-order valence-corrected chi connectivity index (χ1v) is 12.0. The van der Waals surface area contributed by atoms with Gasteiger partial charge >= 0.3 is 0 Å². The average Bonchev–Trinajstić information content (AvgIpc) is 3.28. The molecule has 7 nitrogen and oxygen atoms in total. The third-order valence-corrected chi connectivity index (χ3v) is 6.92. The second-order valence-corrected chi connectivity index (χ2v) is 9.05. The smallest absolute Gasteiger partial charge is 0.225 e. The average molecular weight is 438 g/mol. The molecule has 32 heavy (non-hydrogen) atoms. The molecule has 0 atom stereocenters. The van der Waals surface area contributed by atoms with Gasteiger partial charge in [-0.2, -0.15) is 5.10 Å². The van der Waals surface area contributed by atoms with Crippen molar-refractivity contribution < 1.29 is 9.59 Å². The lowest BCUT2D eigenvalue weighted by molar-refractivity contribution is -0.130. The molecule has 0 radical (unpaired) electrons. The lowest BCUT2D eigenvalue weighted by atomic mass is 9.98. The van der Waals surface area contributed by atoms with E-state index >= 15 is 0 Å². The molecule has 2 aliphatic heterocycles. The summed E-state index contributed by atoms with van der Waals surface area (Å²) < 4.78 is 2.00. The fraction of sp³-hybridized carbons (Fsp3) is 0.560. The summed E-state index contributed by atoms with van der Waals surface area (Å²) >= 11 is 0. The number of rotatable bonds is 7. The third kappa shape index (κ3) is 5.76. The number of hydrogen-bond acceptors (Lipinski definition) is 4. The summed E-state index contributed by atoms with van der Waals surface area (Å²) in [6.07, 6.45) is 8.24. The van der Waals surface area contributed by atoms with Crippen molar-refractivity contribution in [2.45, 2.75) is 64.0 Å². The summed E-state index contributed by atoms with van der Waals surface area (Å²) in [7, 11) is 0. The molecule has 0 spiro atoms. The quantitative estimate of drug-likeness (QED) is 0.720. The Kier molecular flexibility index (Phi) is 7.58. The number of carbonyl (C=O) groups excluding carboxylic acids is 2. The van der Waals surface area contributed by atoms with Crippen molar-refractivity contribution in [2.75, 3.05) is 31.5 Å². The van der Waals surface area contributed by atoms with E-state index < -0.39 is 0 Å². The van der Waals surface area contributed by atoms with Crippen molar-refractivity contribution in [3.8, 4) is 0 Å².